The molecule has 0 fully saturated rings. The van der Waals surface area contributed by atoms with Crippen LogP contribution < -0.4 is 9.47 Å². The first-order chi connectivity index (χ1) is 13.0. The highest BCUT2D eigenvalue weighted by Crippen LogP contribution is 2.48. The Morgan fingerprint density at radius 3 is 2.78 bits per heavy atom. The van der Waals surface area contributed by atoms with Crippen molar-refractivity contribution >= 4 is 33.4 Å². The Morgan fingerprint density at radius 1 is 1.30 bits per heavy atom. The Morgan fingerprint density at radius 2 is 2.04 bits per heavy atom. The van der Waals surface area contributed by atoms with E-state index >= 15 is 0 Å². The van der Waals surface area contributed by atoms with Crippen LogP contribution in [-0.2, 0) is 14.3 Å². The molecule has 0 aromatic heterocycles. The SMILES string of the molecule is CCOC(=O)C1C(C)=NC2=C(C(=O)CCC2)[C@@H]1c1cc2c(cc1Br)OCO2. The zero-order chi connectivity index (χ0) is 19.1. The highest BCUT2D eigenvalue weighted by molar-refractivity contribution is 9.10. The summed E-state index contributed by atoms with van der Waals surface area (Å²) in [6.07, 6.45) is 2.00. The number of fused-ring (bicyclic) bond motifs is 1. The summed E-state index contributed by atoms with van der Waals surface area (Å²) in [5.74, 6) is -0.143. The molecule has 27 heavy (non-hydrogen) atoms. The van der Waals surface area contributed by atoms with E-state index in [9.17, 15) is 9.59 Å². The van der Waals surface area contributed by atoms with E-state index in [1.165, 1.54) is 0 Å². The number of benzene rings is 1. The van der Waals surface area contributed by atoms with Gasteiger partial charge in [-0.05, 0) is 44.4 Å². The molecule has 1 aliphatic carbocycles. The number of esters is 1. The number of carbonyl (C=O) groups excluding carboxylic acids is 2. The molecule has 1 aromatic carbocycles. The zero-order valence-corrected chi connectivity index (χ0v) is 16.8. The molecule has 2 atom stereocenters. The van der Waals surface area contributed by atoms with Crippen LogP contribution in [-0.4, -0.2) is 30.9 Å². The molecule has 0 radical (unpaired) electrons. The number of allylic oxidation sites excluding steroid dienone is 2. The summed E-state index contributed by atoms with van der Waals surface area (Å²) in [6.45, 7) is 4.04. The third-order valence-electron chi connectivity index (χ3n) is 5.20. The van der Waals surface area contributed by atoms with Crippen molar-refractivity contribution in [1.82, 2.24) is 0 Å². The smallest absolute Gasteiger partial charge is 0.315 e. The van der Waals surface area contributed by atoms with Gasteiger partial charge in [0, 0.05) is 33.8 Å². The van der Waals surface area contributed by atoms with E-state index in [4.69, 9.17) is 14.2 Å². The maximum atomic E-state index is 12.8. The van der Waals surface area contributed by atoms with Gasteiger partial charge in [-0.3, -0.25) is 14.6 Å². The second-order valence-corrected chi connectivity index (χ2v) is 7.68. The van der Waals surface area contributed by atoms with E-state index in [1.54, 1.807) is 6.92 Å². The van der Waals surface area contributed by atoms with Gasteiger partial charge in [0.15, 0.2) is 17.3 Å². The van der Waals surface area contributed by atoms with Crippen LogP contribution in [0.2, 0.25) is 0 Å². The number of Topliss-reactive ketones (excluding diaryl/α,β-unsaturated/α-hetero) is 1. The van der Waals surface area contributed by atoms with Crippen molar-refractivity contribution in [3.05, 3.63) is 33.4 Å². The van der Waals surface area contributed by atoms with Crippen molar-refractivity contribution in [3.8, 4) is 11.5 Å². The molecule has 2 heterocycles. The van der Waals surface area contributed by atoms with E-state index in [1.807, 2.05) is 19.1 Å². The number of ether oxygens (including phenoxy) is 3. The lowest BCUT2D eigenvalue weighted by molar-refractivity contribution is -0.146. The van der Waals surface area contributed by atoms with Crippen molar-refractivity contribution < 1.29 is 23.8 Å². The molecule has 0 bridgehead atoms. The van der Waals surface area contributed by atoms with E-state index in [2.05, 4.69) is 20.9 Å². The van der Waals surface area contributed by atoms with Crippen molar-refractivity contribution in [1.29, 1.82) is 0 Å². The molecule has 4 rings (SSSR count). The van der Waals surface area contributed by atoms with Crippen LogP contribution in [0, 0.1) is 5.92 Å². The highest BCUT2D eigenvalue weighted by Gasteiger charge is 2.44. The summed E-state index contributed by atoms with van der Waals surface area (Å²) < 4.78 is 17.1. The third-order valence-corrected chi connectivity index (χ3v) is 5.89. The number of hydrogen-bond donors (Lipinski definition) is 0. The van der Waals surface area contributed by atoms with E-state index in [-0.39, 0.29) is 25.2 Å². The summed E-state index contributed by atoms with van der Waals surface area (Å²) >= 11 is 3.60. The first-order valence-corrected chi connectivity index (χ1v) is 9.87. The van der Waals surface area contributed by atoms with Gasteiger partial charge in [-0.15, -0.1) is 0 Å². The number of nitrogens with zero attached hydrogens (tertiary/aromatic N) is 1. The maximum absolute atomic E-state index is 12.8. The molecule has 0 spiro atoms. The Hall–Kier alpha value is -2.15. The standard InChI is InChI=1S/C20H20BrNO5/c1-3-25-20(24)17-10(2)22-13-5-4-6-14(23)19(13)18(17)11-7-15-16(8-12(11)21)27-9-26-15/h7-8,17-18H,3-6,9H2,1-2H3/t17?,18-/m1/s1. The van der Waals surface area contributed by atoms with Gasteiger partial charge in [0.2, 0.25) is 6.79 Å². The third kappa shape index (κ3) is 3.08. The van der Waals surface area contributed by atoms with Crippen molar-refractivity contribution in [2.75, 3.05) is 13.4 Å². The quantitative estimate of drug-likeness (QED) is 0.675. The van der Waals surface area contributed by atoms with Gasteiger partial charge in [-0.2, -0.15) is 0 Å². The molecule has 1 unspecified atom stereocenters. The molecule has 7 heteroatoms. The molecular formula is C20H20BrNO5. The van der Waals surface area contributed by atoms with Crippen LogP contribution in [0.5, 0.6) is 11.5 Å². The van der Waals surface area contributed by atoms with Crippen molar-refractivity contribution in [2.24, 2.45) is 10.9 Å². The van der Waals surface area contributed by atoms with Gasteiger partial charge in [0.25, 0.3) is 0 Å². The fourth-order valence-electron chi connectivity index (χ4n) is 4.05. The molecule has 3 aliphatic rings. The maximum Gasteiger partial charge on any atom is 0.315 e. The molecule has 0 N–H and O–H groups in total. The molecule has 2 aliphatic heterocycles. The van der Waals surface area contributed by atoms with Crippen molar-refractivity contribution in [3.63, 3.8) is 0 Å². The number of hydrogen-bond acceptors (Lipinski definition) is 6. The average molecular weight is 434 g/mol. The molecule has 1 aromatic rings. The molecule has 142 valence electrons. The van der Waals surface area contributed by atoms with Crippen LogP contribution in [0.3, 0.4) is 0 Å². The Kier molecular flexibility index (Phi) is 4.80. The number of halogens is 1. The monoisotopic (exact) mass is 433 g/mol. The second-order valence-electron chi connectivity index (χ2n) is 6.82. The number of rotatable bonds is 3. The zero-order valence-electron chi connectivity index (χ0n) is 15.2. The van der Waals surface area contributed by atoms with Gasteiger partial charge in [0.05, 0.1) is 6.61 Å². The second kappa shape index (κ2) is 7.11. The molecule has 6 nitrogen and oxygen atoms in total. The summed E-state index contributed by atoms with van der Waals surface area (Å²) in [6, 6.07) is 3.68. The Balaban J connectivity index is 1.89. The summed E-state index contributed by atoms with van der Waals surface area (Å²) in [7, 11) is 0. The summed E-state index contributed by atoms with van der Waals surface area (Å²) in [4.78, 5) is 30.3. The van der Waals surface area contributed by atoms with Crippen LogP contribution in [0.15, 0.2) is 32.9 Å². The topological polar surface area (TPSA) is 74.2 Å². The van der Waals surface area contributed by atoms with Crippen molar-refractivity contribution in [2.45, 2.75) is 39.0 Å². The van der Waals surface area contributed by atoms with Gasteiger partial charge < -0.3 is 14.2 Å². The van der Waals surface area contributed by atoms with E-state index in [0.29, 0.717) is 29.2 Å². The predicted octanol–water partition coefficient (Wildman–Crippen LogP) is 3.92. The Bertz CT molecular complexity index is 889. The minimum atomic E-state index is -0.637. The van der Waals surface area contributed by atoms with Crippen LogP contribution >= 0.6 is 15.9 Å². The lowest BCUT2D eigenvalue weighted by Gasteiger charge is -2.34. The van der Waals surface area contributed by atoms with Crippen LogP contribution in [0.1, 0.15) is 44.6 Å². The minimum absolute atomic E-state index is 0.0522. The minimum Gasteiger partial charge on any atom is -0.465 e. The van der Waals surface area contributed by atoms with Crippen LogP contribution in [0.25, 0.3) is 0 Å². The first kappa shape index (κ1) is 18.2. The Labute approximate surface area is 165 Å². The fourth-order valence-corrected chi connectivity index (χ4v) is 4.62. The van der Waals surface area contributed by atoms with Gasteiger partial charge >= 0.3 is 5.97 Å². The summed E-state index contributed by atoms with van der Waals surface area (Å²) in [5.41, 5.74) is 2.91. The molecular weight excluding hydrogens is 414 g/mol. The normalized spacial score (nSPS) is 23.8. The predicted molar refractivity (Wildman–Crippen MR) is 102 cm³/mol. The first-order valence-electron chi connectivity index (χ1n) is 9.08. The largest absolute Gasteiger partial charge is 0.465 e. The molecule has 0 saturated carbocycles. The van der Waals surface area contributed by atoms with E-state index in [0.717, 1.165) is 28.6 Å². The molecule has 0 amide bonds. The number of ketones is 1. The molecule has 0 saturated heterocycles. The van der Waals surface area contributed by atoms with E-state index < -0.39 is 11.8 Å². The fraction of sp³-hybridized carbons (Fsp3) is 0.450. The van der Waals surface area contributed by atoms with Gasteiger partial charge in [0.1, 0.15) is 5.92 Å². The highest BCUT2D eigenvalue weighted by atomic mass is 79.9. The van der Waals surface area contributed by atoms with Gasteiger partial charge in [-0.1, -0.05) is 15.9 Å². The number of carbonyl (C=O) groups is 2. The average Bonchev–Trinajstić information content (AvgIpc) is 3.07. The van der Waals surface area contributed by atoms with Gasteiger partial charge in [-0.25, -0.2) is 0 Å². The van der Waals surface area contributed by atoms with Crippen LogP contribution in [0.4, 0.5) is 0 Å². The lowest BCUT2D eigenvalue weighted by Crippen LogP contribution is -2.37. The summed E-state index contributed by atoms with van der Waals surface area (Å²) in [5, 5.41) is 0. The number of aliphatic imine (C=N–C) groups is 1. The lowest BCUT2D eigenvalue weighted by atomic mass is 9.71.